The molecule has 1 N–H and O–H groups in total. The maximum absolute atomic E-state index is 12.1. The van der Waals surface area contributed by atoms with Crippen molar-refractivity contribution in [1.82, 2.24) is 15.3 Å². The summed E-state index contributed by atoms with van der Waals surface area (Å²) in [5.41, 5.74) is 2.76. The molecule has 1 fully saturated rings. The van der Waals surface area contributed by atoms with Gasteiger partial charge in [-0.25, -0.2) is 9.97 Å². The SMILES string of the molecule is Cc1nccc(C(=O)NCc2ccc(N3CCCCC3)cc2)n1. The van der Waals surface area contributed by atoms with Crippen LogP contribution >= 0.6 is 0 Å². The average molecular weight is 310 g/mol. The molecule has 2 aromatic rings. The lowest BCUT2D eigenvalue weighted by Crippen LogP contribution is -2.29. The van der Waals surface area contributed by atoms with Crippen molar-refractivity contribution in [3.8, 4) is 0 Å². The number of aryl methyl sites for hydroxylation is 1. The Morgan fingerprint density at radius 1 is 1.13 bits per heavy atom. The highest BCUT2D eigenvalue weighted by Gasteiger charge is 2.11. The molecular formula is C18H22N4O. The minimum Gasteiger partial charge on any atom is -0.372 e. The molecule has 0 saturated carbocycles. The summed E-state index contributed by atoms with van der Waals surface area (Å²) in [4.78, 5) is 22.6. The van der Waals surface area contributed by atoms with Gasteiger partial charge in [0, 0.05) is 31.5 Å². The van der Waals surface area contributed by atoms with Crippen molar-refractivity contribution >= 4 is 11.6 Å². The molecule has 0 atom stereocenters. The van der Waals surface area contributed by atoms with E-state index < -0.39 is 0 Å². The molecule has 3 rings (SSSR count). The van der Waals surface area contributed by atoms with Crippen LogP contribution in [-0.4, -0.2) is 29.0 Å². The third kappa shape index (κ3) is 4.06. The van der Waals surface area contributed by atoms with Crippen molar-refractivity contribution < 1.29 is 4.79 Å². The van der Waals surface area contributed by atoms with Gasteiger partial charge >= 0.3 is 0 Å². The Kier molecular flexibility index (Phi) is 4.86. The fourth-order valence-electron chi connectivity index (χ4n) is 2.83. The molecule has 0 unspecified atom stereocenters. The summed E-state index contributed by atoms with van der Waals surface area (Å²) in [6.07, 6.45) is 5.49. The summed E-state index contributed by atoms with van der Waals surface area (Å²) in [6.45, 7) is 4.56. The number of hydrogen-bond acceptors (Lipinski definition) is 4. The maximum Gasteiger partial charge on any atom is 0.270 e. The first kappa shape index (κ1) is 15.5. The molecule has 1 aliphatic heterocycles. The van der Waals surface area contributed by atoms with Gasteiger partial charge in [-0.15, -0.1) is 0 Å². The molecule has 120 valence electrons. The Hall–Kier alpha value is -2.43. The van der Waals surface area contributed by atoms with Crippen molar-refractivity contribution in [2.24, 2.45) is 0 Å². The van der Waals surface area contributed by atoms with E-state index in [9.17, 15) is 4.79 Å². The second kappa shape index (κ2) is 7.22. The molecule has 1 aromatic carbocycles. The number of hydrogen-bond donors (Lipinski definition) is 1. The van der Waals surface area contributed by atoms with Gasteiger partial charge in [0.2, 0.25) is 0 Å². The zero-order valence-corrected chi connectivity index (χ0v) is 13.5. The summed E-state index contributed by atoms with van der Waals surface area (Å²) >= 11 is 0. The van der Waals surface area contributed by atoms with Crippen LogP contribution in [0.25, 0.3) is 0 Å². The van der Waals surface area contributed by atoms with Crippen LogP contribution in [-0.2, 0) is 6.54 Å². The van der Waals surface area contributed by atoms with Crippen molar-refractivity contribution in [2.75, 3.05) is 18.0 Å². The number of rotatable bonds is 4. The van der Waals surface area contributed by atoms with Gasteiger partial charge in [0.25, 0.3) is 5.91 Å². The van der Waals surface area contributed by atoms with Crippen LogP contribution in [0.2, 0.25) is 0 Å². The number of carbonyl (C=O) groups excluding carboxylic acids is 1. The van der Waals surface area contributed by atoms with Gasteiger partial charge in [-0.05, 0) is 49.9 Å². The van der Waals surface area contributed by atoms with Crippen LogP contribution in [0.5, 0.6) is 0 Å². The Morgan fingerprint density at radius 3 is 2.57 bits per heavy atom. The lowest BCUT2D eigenvalue weighted by atomic mass is 10.1. The number of nitrogens with zero attached hydrogens (tertiary/aromatic N) is 3. The average Bonchev–Trinajstić information content (AvgIpc) is 2.61. The minimum atomic E-state index is -0.171. The van der Waals surface area contributed by atoms with E-state index in [1.165, 1.54) is 24.9 Å². The third-order valence-electron chi connectivity index (χ3n) is 4.12. The summed E-state index contributed by atoms with van der Waals surface area (Å²) in [5, 5.41) is 2.90. The molecule has 1 aromatic heterocycles. The van der Waals surface area contributed by atoms with Crippen molar-refractivity contribution in [3.05, 3.63) is 53.6 Å². The number of aromatic nitrogens is 2. The normalized spacial score (nSPS) is 14.6. The molecule has 0 bridgehead atoms. The van der Waals surface area contributed by atoms with E-state index in [4.69, 9.17) is 0 Å². The summed E-state index contributed by atoms with van der Waals surface area (Å²) in [7, 11) is 0. The molecule has 0 aliphatic carbocycles. The number of nitrogens with one attached hydrogen (secondary N) is 1. The molecule has 23 heavy (non-hydrogen) atoms. The molecular weight excluding hydrogens is 288 g/mol. The molecule has 2 heterocycles. The topological polar surface area (TPSA) is 58.1 Å². The number of benzene rings is 1. The molecule has 0 radical (unpaired) electrons. The van der Waals surface area contributed by atoms with Crippen LogP contribution in [0.1, 0.15) is 41.1 Å². The minimum absolute atomic E-state index is 0.171. The predicted molar refractivity (Wildman–Crippen MR) is 90.4 cm³/mol. The van der Waals surface area contributed by atoms with Gasteiger partial charge in [-0.1, -0.05) is 12.1 Å². The first-order chi connectivity index (χ1) is 11.2. The first-order valence-corrected chi connectivity index (χ1v) is 8.14. The largest absolute Gasteiger partial charge is 0.372 e. The second-order valence-electron chi connectivity index (χ2n) is 5.89. The van der Waals surface area contributed by atoms with E-state index in [2.05, 4.69) is 44.5 Å². The van der Waals surface area contributed by atoms with E-state index in [1.54, 1.807) is 19.2 Å². The van der Waals surface area contributed by atoms with Gasteiger partial charge in [0.05, 0.1) is 0 Å². The molecule has 5 nitrogen and oxygen atoms in total. The van der Waals surface area contributed by atoms with Crippen molar-refractivity contribution in [1.29, 1.82) is 0 Å². The van der Waals surface area contributed by atoms with Gasteiger partial charge < -0.3 is 10.2 Å². The lowest BCUT2D eigenvalue weighted by Gasteiger charge is -2.28. The molecule has 1 saturated heterocycles. The monoisotopic (exact) mass is 310 g/mol. The van der Waals surface area contributed by atoms with Crippen LogP contribution in [0.4, 0.5) is 5.69 Å². The molecule has 5 heteroatoms. The second-order valence-corrected chi connectivity index (χ2v) is 5.89. The fourth-order valence-corrected chi connectivity index (χ4v) is 2.83. The quantitative estimate of drug-likeness (QED) is 0.943. The zero-order valence-electron chi connectivity index (χ0n) is 13.5. The van der Waals surface area contributed by atoms with E-state index in [-0.39, 0.29) is 5.91 Å². The van der Waals surface area contributed by atoms with Crippen LogP contribution in [0.15, 0.2) is 36.5 Å². The zero-order chi connectivity index (χ0) is 16.1. The van der Waals surface area contributed by atoms with Gasteiger partial charge in [0.1, 0.15) is 11.5 Å². The predicted octanol–water partition coefficient (Wildman–Crippen LogP) is 2.71. The Labute approximate surface area is 136 Å². The highest BCUT2D eigenvalue weighted by atomic mass is 16.1. The fraction of sp³-hybridized carbons (Fsp3) is 0.389. The maximum atomic E-state index is 12.1. The third-order valence-corrected chi connectivity index (χ3v) is 4.12. The molecule has 1 amide bonds. The van der Waals surface area contributed by atoms with E-state index in [1.807, 2.05) is 0 Å². The number of piperidine rings is 1. The standard InChI is InChI=1S/C18H22N4O/c1-14-19-10-9-17(21-14)18(23)20-13-15-5-7-16(8-6-15)22-11-3-2-4-12-22/h5-10H,2-4,11-13H2,1H3,(H,20,23). The van der Waals surface area contributed by atoms with Crippen LogP contribution in [0.3, 0.4) is 0 Å². The number of anilines is 1. The number of carbonyl (C=O) groups is 1. The lowest BCUT2D eigenvalue weighted by molar-refractivity contribution is 0.0945. The van der Waals surface area contributed by atoms with Gasteiger partial charge in [-0.3, -0.25) is 4.79 Å². The smallest absolute Gasteiger partial charge is 0.270 e. The first-order valence-electron chi connectivity index (χ1n) is 8.14. The van der Waals surface area contributed by atoms with Crippen LogP contribution < -0.4 is 10.2 Å². The van der Waals surface area contributed by atoms with Gasteiger partial charge in [-0.2, -0.15) is 0 Å². The Bertz CT molecular complexity index is 663. The molecule has 0 spiro atoms. The van der Waals surface area contributed by atoms with Crippen molar-refractivity contribution in [3.63, 3.8) is 0 Å². The Morgan fingerprint density at radius 2 is 1.87 bits per heavy atom. The van der Waals surface area contributed by atoms with E-state index >= 15 is 0 Å². The summed E-state index contributed by atoms with van der Waals surface area (Å²) < 4.78 is 0. The van der Waals surface area contributed by atoms with E-state index in [0.717, 1.165) is 18.7 Å². The van der Waals surface area contributed by atoms with E-state index in [0.29, 0.717) is 18.1 Å². The number of amides is 1. The highest BCUT2D eigenvalue weighted by molar-refractivity contribution is 5.92. The van der Waals surface area contributed by atoms with Crippen LogP contribution in [0, 0.1) is 6.92 Å². The Balaban J connectivity index is 1.57. The van der Waals surface area contributed by atoms with Gasteiger partial charge in [0.15, 0.2) is 0 Å². The molecule has 1 aliphatic rings. The summed E-state index contributed by atoms with van der Waals surface area (Å²) in [6, 6.07) is 10.1. The van der Waals surface area contributed by atoms with Crippen molar-refractivity contribution in [2.45, 2.75) is 32.7 Å². The summed E-state index contributed by atoms with van der Waals surface area (Å²) in [5.74, 6) is 0.430. The highest BCUT2D eigenvalue weighted by Crippen LogP contribution is 2.20.